The van der Waals surface area contributed by atoms with Gasteiger partial charge < -0.3 is 20.9 Å². The molecule has 1 aliphatic rings. The molecule has 2 aromatic rings. The lowest BCUT2D eigenvalue weighted by molar-refractivity contribution is -0.123. The summed E-state index contributed by atoms with van der Waals surface area (Å²) in [6.07, 6.45) is 4.55. The maximum Gasteiger partial charge on any atom is 0.221 e. The van der Waals surface area contributed by atoms with E-state index in [2.05, 4.69) is 61.9 Å². The van der Waals surface area contributed by atoms with Crippen LogP contribution in [-0.2, 0) is 30.8 Å². The first-order valence-electron chi connectivity index (χ1n) is 11.0. The van der Waals surface area contributed by atoms with E-state index < -0.39 is 0 Å². The van der Waals surface area contributed by atoms with Crippen LogP contribution < -0.4 is 16.4 Å². The average Bonchev–Trinajstić information content (AvgIpc) is 3.24. The number of rotatable bonds is 9. The van der Waals surface area contributed by atoms with E-state index in [1.54, 1.807) is 13.4 Å². The number of nitrogens with zero attached hydrogens (tertiary/aromatic N) is 5. The van der Waals surface area contributed by atoms with E-state index in [9.17, 15) is 4.79 Å². The zero-order valence-electron chi connectivity index (χ0n) is 19.0. The Morgan fingerprint density at radius 2 is 2.12 bits per heavy atom. The predicted octanol–water partition coefficient (Wildman–Crippen LogP) is 1.52. The number of likely N-dealkylation sites (tertiary alicyclic amines) is 1. The summed E-state index contributed by atoms with van der Waals surface area (Å²) in [6.45, 7) is 6.88. The van der Waals surface area contributed by atoms with Crippen molar-refractivity contribution in [2.75, 3.05) is 26.7 Å². The molecule has 2 heterocycles. The third-order valence-electron chi connectivity index (χ3n) is 5.65. The molecule has 1 aliphatic heterocycles. The van der Waals surface area contributed by atoms with Gasteiger partial charge in [-0.05, 0) is 30.5 Å². The fourth-order valence-electron chi connectivity index (χ4n) is 3.97. The Morgan fingerprint density at radius 1 is 1.31 bits per heavy atom. The molecule has 0 aliphatic carbocycles. The van der Waals surface area contributed by atoms with Crippen LogP contribution in [0.5, 0.6) is 0 Å². The van der Waals surface area contributed by atoms with Crippen molar-refractivity contribution in [3.8, 4) is 0 Å². The Hall–Kier alpha value is -2.21. The molecule has 1 saturated heterocycles. The van der Waals surface area contributed by atoms with Crippen LogP contribution in [0.2, 0.25) is 0 Å². The number of halogens is 1. The number of nitrogens with two attached hydrogens (primary N) is 1. The Morgan fingerprint density at radius 3 is 2.88 bits per heavy atom. The van der Waals surface area contributed by atoms with Crippen LogP contribution in [0.1, 0.15) is 36.7 Å². The minimum atomic E-state index is -0.184. The first-order chi connectivity index (χ1) is 15.1. The molecule has 1 fully saturated rings. The number of aromatic nitrogens is 3. The van der Waals surface area contributed by atoms with Crippen LogP contribution in [-0.4, -0.2) is 58.2 Å². The number of nitrogens with one attached hydrogen (secondary N) is 2. The van der Waals surface area contributed by atoms with E-state index in [4.69, 9.17) is 5.73 Å². The number of amides is 1. The second-order valence-corrected chi connectivity index (χ2v) is 7.94. The van der Waals surface area contributed by atoms with Crippen molar-refractivity contribution in [3.63, 3.8) is 0 Å². The van der Waals surface area contributed by atoms with E-state index in [0.29, 0.717) is 6.54 Å². The lowest BCUT2D eigenvalue weighted by Crippen LogP contribution is -2.40. The molecule has 0 spiro atoms. The number of primary amides is 1. The lowest BCUT2D eigenvalue weighted by atomic mass is 9.97. The SMILES string of the molecule is CCc1nncn1CCNC(=NC)NCc1cccc(CN2CCCC(C(N)=O)C2)c1.I. The Labute approximate surface area is 207 Å². The van der Waals surface area contributed by atoms with Crippen molar-refractivity contribution in [1.82, 2.24) is 30.3 Å². The molecule has 0 saturated carbocycles. The second-order valence-electron chi connectivity index (χ2n) is 7.94. The van der Waals surface area contributed by atoms with Gasteiger partial charge >= 0.3 is 0 Å². The molecule has 1 amide bonds. The number of benzene rings is 1. The van der Waals surface area contributed by atoms with Gasteiger partial charge in [0.15, 0.2) is 5.96 Å². The summed E-state index contributed by atoms with van der Waals surface area (Å²) in [6, 6.07) is 8.53. The summed E-state index contributed by atoms with van der Waals surface area (Å²) in [7, 11) is 1.77. The molecule has 0 radical (unpaired) electrons. The van der Waals surface area contributed by atoms with Crippen LogP contribution in [0.15, 0.2) is 35.6 Å². The number of carbonyl (C=O) groups excluding carboxylic acids is 1. The molecule has 1 unspecified atom stereocenters. The third kappa shape index (κ3) is 7.73. The van der Waals surface area contributed by atoms with Gasteiger partial charge in [-0.2, -0.15) is 0 Å². The molecule has 32 heavy (non-hydrogen) atoms. The number of aliphatic imine (C=N–C) groups is 1. The van der Waals surface area contributed by atoms with Crippen molar-refractivity contribution in [2.45, 2.75) is 45.8 Å². The van der Waals surface area contributed by atoms with Crippen LogP contribution in [0.25, 0.3) is 0 Å². The predicted molar refractivity (Wildman–Crippen MR) is 137 cm³/mol. The van der Waals surface area contributed by atoms with Gasteiger partial charge in [0.1, 0.15) is 12.2 Å². The minimum Gasteiger partial charge on any atom is -0.369 e. The third-order valence-corrected chi connectivity index (χ3v) is 5.65. The molecular weight excluding hydrogens is 519 g/mol. The largest absolute Gasteiger partial charge is 0.369 e. The molecular formula is C22H35IN8O. The second kappa shape index (κ2) is 13.4. The van der Waals surface area contributed by atoms with Gasteiger partial charge in [0.2, 0.25) is 5.91 Å². The quantitative estimate of drug-likeness (QED) is 0.246. The van der Waals surface area contributed by atoms with Crippen LogP contribution in [0.3, 0.4) is 0 Å². The van der Waals surface area contributed by atoms with Gasteiger partial charge in [-0.3, -0.25) is 14.7 Å². The maximum absolute atomic E-state index is 11.5. The van der Waals surface area contributed by atoms with Gasteiger partial charge in [0, 0.05) is 46.2 Å². The summed E-state index contributed by atoms with van der Waals surface area (Å²) in [5.41, 5.74) is 7.94. The average molecular weight is 554 g/mol. The van der Waals surface area contributed by atoms with Crippen LogP contribution >= 0.6 is 24.0 Å². The zero-order chi connectivity index (χ0) is 22.1. The van der Waals surface area contributed by atoms with Gasteiger partial charge in [0.05, 0.1) is 5.92 Å². The van der Waals surface area contributed by atoms with E-state index >= 15 is 0 Å². The van der Waals surface area contributed by atoms with Crippen LogP contribution in [0.4, 0.5) is 0 Å². The molecule has 4 N–H and O–H groups in total. The summed E-state index contributed by atoms with van der Waals surface area (Å²) in [5, 5.41) is 14.8. The van der Waals surface area contributed by atoms with E-state index in [-0.39, 0.29) is 35.8 Å². The molecule has 1 atom stereocenters. The summed E-state index contributed by atoms with van der Waals surface area (Å²) in [4.78, 5) is 18.1. The lowest BCUT2D eigenvalue weighted by Gasteiger charge is -2.31. The molecule has 3 rings (SSSR count). The smallest absolute Gasteiger partial charge is 0.221 e. The highest BCUT2D eigenvalue weighted by atomic mass is 127. The maximum atomic E-state index is 11.5. The van der Waals surface area contributed by atoms with Gasteiger partial charge in [-0.1, -0.05) is 31.2 Å². The molecule has 10 heteroatoms. The number of hydrogen-bond acceptors (Lipinski definition) is 5. The first-order valence-corrected chi connectivity index (χ1v) is 11.0. The molecule has 0 bridgehead atoms. The van der Waals surface area contributed by atoms with E-state index in [0.717, 1.165) is 63.8 Å². The highest BCUT2D eigenvalue weighted by molar-refractivity contribution is 14.0. The van der Waals surface area contributed by atoms with Crippen molar-refractivity contribution in [3.05, 3.63) is 47.5 Å². The monoisotopic (exact) mass is 554 g/mol. The van der Waals surface area contributed by atoms with Crippen molar-refractivity contribution < 1.29 is 4.79 Å². The number of hydrogen-bond donors (Lipinski definition) is 3. The Bertz CT molecular complexity index is 884. The highest BCUT2D eigenvalue weighted by Crippen LogP contribution is 2.18. The topological polar surface area (TPSA) is 113 Å². The normalized spacial score (nSPS) is 16.9. The Balaban J connectivity index is 0.00000363. The van der Waals surface area contributed by atoms with Crippen molar-refractivity contribution >= 4 is 35.8 Å². The summed E-state index contributed by atoms with van der Waals surface area (Å²) in [5.74, 6) is 1.53. The standard InChI is InChI=1S/C22H34N8O.HI/c1-3-20-28-27-16-30(20)11-9-25-22(24-2)26-13-17-6-4-7-18(12-17)14-29-10-5-8-19(15-29)21(23)31;/h4,6-7,12,16,19H,3,5,8-11,13-15H2,1-2H3,(H2,23,31)(H2,24,25,26);1H. The number of guanidine groups is 1. The molecule has 9 nitrogen and oxygen atoms in total. The zero-order valence-corrected chi connectivity index (χ0v) is 21.3. The number of aryl methyl sites for hydroxylation is 1. The van der Waals surface area contributed by atoms with E-state index in [1.165, 1.54) is 11.1 Å². The summed E-state index contributed by atoms with van der Waals surface area (Å²) >= 11 is 0. The van der Waals surface area contributed by atoms with Gasteiger partial charge in [0.25, 0.3) is 0 Å². The molecule has 176 valence electrons. The number of piperidine rings is 1. The van der Waals surface area contributed by atoms with Gasteiger partial charge in [-0.25, -0.2) is 0 Å². The van der Waals surface area contributed by atoms with Crippen LogP contribution in [0, 0.1) is 5.92 Å². The van der Waals surface area contributed by atoms with E-state index in [1.807, 2.05) is 4.57 Å². The highest BCUT2D eigenvalue weighted by Gasteiger charge is 2.23. The van der Waals surface area contributed by atoms with Crippen molar-refractivity contribution in [1.29, 1.82) is 0 Å². The number of carbonyl (C=O) groups is 1. The summed E-state index contributed by atoms with van der Waals surface area (Å²) < 4.78 is 2.05. The molecule has 1 aromatic heterocycles. The van der Waals surface area contributed by atoms with Gasteiger partial charge in [-0.15, -0.1) is 34.2 Å². The Kier molecular flexibility index (Phi) is 10.9. The first kappa shape index (κ1) is 26.0. The van der Waals surface area contributed by atoms with Crippen molar-refractivity contribution in [2.24, 2.45) is 16.6 Å². The molecule has 1 aromatic carbocycles. The fraction of sp³-hybridized carbons (Fsp3) is 0.545. The fourth-order valence-corrected chi connectivity index (χ4v) is 3.97. The minimum absolute atomic E-state index is 0.